The molecule has 2 aliphatic rings. The molecule has 1 saturated heterocycles. The second-order valence-electron chi connectivity index (χ2n) is 8.47. The maximum atomic E-state index is 12.9. The van der Waals surface area contributed by atoms with Crippen molar-refractivity contribution >= 4 is 37.3 Å². The third kappa shape index (κ3) is 5.06. The van der Waals surface area contributed by atoms with Crippen molar-refractivity contribution in [3.63, 3.8) is 0 Å². The van der Waals surface area contributed by atoms with Gasteiger partial charge in [-0.2, -0.15) is 4.31 Å². The van der Waals surface area contributed by atoms with E-state index in [1.165, 1.54) is 27.0 Å². The number of anilines is 2. The molecule has 11 heteroatoms. The summed E-state index contributed by atoms with van der Waals surface area (Å²) in [4.78, 5) is 15.0. The van der Waals surface area contributed by atoms with Crippen LogP contribution >= 0.6 is 0 Å². The molecule has 0 atom stereocenters. The van der Waals surface area contributed by atoms with E-state index in [9.17, 15) is 21.6 Å². The van der Waals surface area contributed by atoms with Gasteiger partial charge < -0.3 is 10.2 Å². The first kappa shape index (κ1) is 23.7. The number of rotatable bonds is 5. The highest BCUT2D eigenvalue weighted by molar-refractivity contribution is 7.92. The minimum atomic E-state index is -3.57. The number of carbonyl (C=O) groups excluding carboxylic acids is 1. The first-order valence-electron chi connectivity index (χ1n) is 10.8. The van der Waals surface area contributed by atoms with Crippen molar-refractivity contribution in [1.82, 2.24) is 9.21 Å². The summed E-state index contributed by atoms with van der Waals surface area (Å²) < 4.78 is 52.6. The third-order valence-electron chi connectivity index (χ3n) is 6.03. The Kier molecular flexibility index (Phi) is 6.50. The zero-order chi connectivity index (χ0) is 23.8. The van der Waals surface area contributed by atoms with Crippen LogP contribution in [0.25, 0.3) is 0 Å². The monoisotopic (exact) mass is 492 g/mol. The lowest BCUT2D eigenvalue weighted by molar-refractivity contribution is 0.102. The van der Waals surface area contributed by atoms with Gasteiger partial charge in [0.25, 0.3) is 5.91 Å². The van der Waals surface area contributed by atoms with Crippen LogP contribution in [0.1, 0.15) is 22.3 Å². The molecule has 178 valence electrons. The molecule has 2 heterocycles. The Morgan fingerprint density at radius 3 is 2.21 bits per heavy atom. The number of nitrogens with one attached hydrogen (secondary N) is 1. The zero-order valence-electron chi connectivity index (χ0n) is 18.7. The van der Waals surface area contributed by atoms with Gasteiger partial charge in [0.15, 0.2) is 0 Å². The average molecular weight is 493 g/mol. The Morgan fingerprint density at radius 1 is 0.909 bits per heavy atom. The van der Waals surface area contributed by atoms with Gasteiger partial charge in [-0.15, -0.1) is 0 Å². The van der Waals surface area contributed by atoms with Crippen molar-refractivity contribution in [3.05, 3.63) is 53.6 Å². The highest BCUT2D eigenvalue weighted by atomic mass is 32.2. The SMILES string of the molecule is CN1CCN(S(=O)(=O)c2ccc(NC(=O)c3ccc4c(c3)CCCN4S(C)(=O)=O)cc2)CC1. The maximum Gasteiger partial charge on any atom is 0.255 e. The maximum absolute atomic E-state index is 12.9. The predicted octanol–water partition coefficient (Wildman–Crippen LogP) is 1.59. The van der Waals surface area contributed by atoms with Gasteiger partial charge in [0.05, 0.1) is 16.8 Å². The molecule has 1 fully saturated rings. The van der Waals surface area contributed by atoms with Crippen LogP contribution in [0.2, 0.25) is 0 Å². The zero-order valence-corrected chi connectivity index (χ0v) is 20.3. The van der Waals surface area contributed by atoms with E-state index in [0.29, 0.717) is 62.5 Å². The van der Waals surface area contributed by atoms with Gasteiger partial charge in [0, 0.05) is 44.0 Å². The van der Waals surface area contributed by atoms with Crippen LogP contribution < -0.4 is 9.62 Å². The number of hydrogen-bond acceptors (Lipinski definition) is 6. The van der Waals surface area contributed by atoms with E-state index in [4.69, 9.17) is 0 Å². The standard InChI is InChI=1S/C22H28N4O5S2/c1-24-12-14-25(15-13-24)33(30,31)20-8-6-19(7-9-20)23-22(27)18-5-10-21-17(16-18)4-3-11-26(21)32(2,28)29/h5-10,16H,3-4,11-15H2,1-2H3,(H,23,27). The Balaban J connectivity index is 1.47. The summed E-state index contributed by atoms with van der Waals surface area (Å²) in [5.41, 5.74) is 2.32. The topological polar surface area (TPSA) is 107 Å². The highest BCUT2D eigenvalue weighted by Gasteiger charge is 2.28. The number of likely N-dealkylation sites (N-methyl/N-ethyl adjacent to an activating group) is 1. The van der Waals surface area contributed by atoms with Crippen LogP contribution in [0.5, 0.6) is 0 Å². The molecule has 0 bridgehead atoms. The normalized spacial score (nSPS) is 18.1. The van der Waals surface area contributed by atoms with Gasteiger partial charge in [-0.05, 0) is 67.9 Å². The number of benzene rings is 2. The molecular weight excluding hydrogens is 464 g/mol. The van der Waals surface area contributed by atoms with E-state index in [2.05, 4.69) is 10.2 Å². The quantitative estimate of drug-likeness (QED) is 0.679. The van der Waals surface area contributed by atoms with E-state index in [1.807, 2.05) is 7.05 Å². The number of nitrogens with zero attached hydrogens (tertiary/aromatic N) is 3. The molecule has 0 radical (unpaired) electrons. The fourth-order valence-corrected chi connectivity index (χ4v) is 6.56. The fourth-order valence-electron chi connectivity index (χ4n) is 4.14. The molecule has 2 aliphatic heterocycles. The molecular formula is C22H28N4O5S2. The van der Waals surface area contributed by atoms with Crippen molar-refractivity contribution in [2.24, 2.45) is 0 Å². The molecule has 0 aliphatic carbocycles. The molecule has 0 saturated carbocycles. The molecule has 9 nitrogen and oxygen atoms in total. The van der Waals surface area contributed by atoms with Crippen LogP contribution in [-0.4, -0.2) is 78.0 Å². The number of aryl methyl sites for hydroxylation is 1. The Morgan fingerprint density at radius 2 is 1.58 bits per heavy atom. The van der Waals surface area contributed by atoms with Crippen molar-refractivity contribution < 1.29 is 21.6 Å². The van der Waals surface area contributed by atoms with Crippen molar-refractivity contribution in [2.75, 3.05) is 55.6 Å². The Hall–Kier alpha value is -2.47. The van der Waals surface area contributed by atoms with Crippen LogP contribution in [0.15, 0.2) is 47.4 Å². The number of amides is 1. The average Bonchev–Trinajstić information content (AvgIpc) is 2.78. The van der Waals surface area contributed by atoms with E-state index in [1.54, 1.807) is 30.3 Å². The van der Waals surface area contributed by atoms with E-state index >= 15 is 0 Å². The predicted molar refractivity (Wildman–Crippen MR) is 128 cm³/mol. The fraction of sp³-hybridized carbons (Fsp3) is 0.409. The lowest BCUT2D eigenvalue weighted by Gasteiger charge is -2.31. The largest absolute Gasteiger partial charge is 0.322 e. The van der Waals surface area contributed by atoms with Crippen LogP contribution in [0.3, 0.4) is 0 Å². The van der Waals surface area contributed by atoms with Gasteiger partial charge in [0.2, 0.25) is 20.0 Å². The molecule has 33 heavy (non-hydrogen) atoms. The lowest BCUT2D eigenvalue weighted by Crippen LogP contribution is -2.46. The number of hydrogen-bond donors (Lipinski definition) is 1. The summed E-state index contributed by atoms with van der Waals surface area (Å²) in [6, 6.07) is 11.1. The molecule has 1 amide bonds. The Labute approximate surface area is 195 Å². The smallest absolute Gasteiger partial charge is 0.255 e. The molecule has 0 unspecified atom stereocenters. The minimum Gasteiger partial charge on any atom is -0.322 e. The Bertz CT molecular complexity index is 1250. The lowest BCUT2D eigenvalue weighted by atomic mass is 10.0. The highest BCUT2D eigenvalue weighted by Crippen LogP contribution is 2.30. The summed E-state index contributed by atoms with van der Waals surface area (Å²) >= 11 is 0. The summed E-state index contributed by atoms with van der Waals surface area (Å²) in [6.07, 6.45) is 2.56. The number of fused-ring (bicyclic) bond motifs is 1. The molecule has 0 aromatic heterocycles. The van der Waals surface area contributed by atoms with Crippen molar-refractivity contribution in [1.29, 1.82) is 0 Å². The van der Waals surface area contributed by atoms with Crippen LogP contribution in [-0.2, 0) is 26.5 Å². The first-order valence-corrected chi connectivity index (χ1v) is 14.1. The molecule has 1 N–H and O–H groups in total. The van der Waals surface area contributed by atoms with E-state index in [0.717, 1.165) is 5.56 Å². The molecule has 2 aromatic rings. The van der Waals surface area contributed by atoms with Crippen molar-refractivity contribution in [3.8, 4) is 0 Å². The van der Waals surface area contributed by atoms with Gasteiger partial charge >= 0.3 is 0 Å². The van der Waals surface area contributed by atoms with Crippen LogP contribution in [0.4, 0.5) is 11.4 Å². The summed E-state index contributed by atoms with van der Waals surface area (Å²) in [7, 11) is -4.98. The van der Waals surface area contributed by atoms with Crippen LogP contribution in [0, 0.1) is 0 Å². The second kappa shape index (κ2) is 9.05. The number of sulfonamides is 2. The van der Waals surface area contributed by atoms with Gasteiger partial charge in [0.1, 0.15) is 0 Å². The molecule has 4 rings (SSSR count). The van der Waals surface area contributed by atoms with Crippen molar-refractivity contribution in [2.45, 2.75) is 17.7 Å². The second-order valence-corrected chi connectivity index (χ2v) is 12.3. The summed E-state index contributed by atoms with van der Waals surface area (Å²) in [6.45, 7) is 2.71. The van der Waals surface area contributed by atoms with Gasteiger partial charge in [-0.25, -0.2) is 16.8 Å². The number of carbonyl (C=O) groups is 1. The first-order chi connectivity index (χ1) is 15.6. The molecule has 2 aromatic carbocycles. The van der Waals surface area contributed by atoms with E-state index < -0.39 is 20.0 Å². The minimum absolute atomic E-state index is 0.194. The third-order valence-corrected chi connectivity index (χ3v) is 9.12. The molecule has 0 spiro atoms. The van der Waals surface area contributed by atoms with Gasteiger partial charge in [-0.3, -0.25) is 9.10 Å². The summed E-state index contributed by atoms with van der Waals surface area (Å²) in [5.74, 6) is -0.344. The summed E-state index contributed by atoms with van der Waals surface area (Å²) in [5, 5.41) is 2.78. The van der Waals surface area contributed by atoms with E-state index in [-0.39, 0.29) is 10.8 Å². The van der Waals surface area contributed by atoms with Gasteiger partial charge in [-0.1, -0.05) is 0 Å². The number of piperazine rings is 1.